The summed E-state index contributed by atoms with van der Waals surface area (Å²) in [5, 5.41) is 8.38. The van der Waals surface area contributed by atoms with Crippen LogP contribution in [-0.4, -0.2) is 28.3 Å². The highest BCUT2D eigenvalue weighted by atomic mass is 35.5. The van der Waals surface area contributed by atoms with E-state index in [2.05, 4.69) is 26.2 Å². The molecule has 2 aromatic heterocycles. The van der Waals surface area contributed by atoms with Gasteiger partial charge in [-0.3, -0.25) is 0 Å². The maximum absolute atomic E-state index is 12.7. The second-order valence-corrected chi connectivity index (χ2v) is 7.45. The third-order valence-electron chi connectivity index (χ3n) is 4.86. The van der Waals surface area contributed by atoms with Gasteiger partial charge in [-0.1, -0.05) is 35.4 Å². The van der Waals surface area contributed by atoms with E-state index in [4.69, 9.17) is 16.3 Å². The van der Waals surface area contributed by atoms with Gasteiger partial charge in [0.2, 0.25) is 5.88 Å². The van der Waals surface area contributed by atoms with Gasteiger partial charge in [-0.15, -0.1) is 10.2 Å². The molecule has 31 heavy (non-hydrogen) atoms. The molecule has 0 atom stereocenters. The number of hydrogen-bond acceptors (Lipinski definition) is 5. The van der Waals surface area contributed by atoms with Crippen LogP contribution in [0.15, 0.2) is 60.3 Å². The third kappa shape index (κ3) is 5.52. The largest absolute Gasteiger partial charge is 0.439 e. The second kappa shape index (κ2) is 8.93. The van der Waals surface area contributed by atoms with Crippen molar-refractivity contribution >= 4 is 23.5 Å². The summed E-state index contributed by atoms with van der Waals surface area (Å²) in [5.74, 6) is 1.42. The minimum absolute atomic E-state index is 0.107. The number of pyridine rings is 1. The first-order valence-electron chi connectivity index (χ1n) is 9.62. The molecule has 0 N–H and O–H groups in total. The summed E-state index contributed by atoms with van der Waals surface area (Å²) in [7, 11) is 0. The van der Waals surface area contributed by atoms with Crippen molar-refractivity contribution in [2.45, 2.75) is 19.0 Å². The number of ether oxygens (including phenoxy) is 1. The molecular weight excluding hydrogens is 429 g/mol. The molecule has 5 nitrogen and oxygen atoms in total. The SMILES string of the molecule is FC(F)(F)c1ccc(Oc2cccc(C=C3CCN(c4ccc(Cl)nn4)CC3)c2)nc1. The number of nitrogens with zero attached hydrogens (tertiary/aromatic N) is 4. The van der Waals surface area contributed by atoms with Gasteiger partial charge in [0, 0.05) is 25.4 Å². The lowest BCUT2D eigenvalue weighted by atomic mass is 10.0. The lowest BCUT2D eigenvalue weighted by Crippen LogP contribution is -2.31. The number of hydrogen-bond donors (Lipinski definition) is 0. The predicted molar refractivity (Wildman–Crippen MR) is 112 cm³/mol. The zero-order valence-electron chi connectivity index (χ0n) is 16.3. The molecule has 0 saturated carbocycles. The minimum Gasteiger partial charge on any atom is -0.439 e. The van der Waals surface area contributed by atoms with Crippen molar-refractivity contribution < 1.29 is 17.9 Å². The summed E-state index contributed by atoms with van der Waals surface area (Å²) in [6.45, 7) is 1.65. The Kier molecular flexibility index (Phi) is 6.08. The molecule has 1 fully saturated rings. The van der Waals surface area contributed by atoms with Crippen LogP contribution in [0.4, 0.5) is 19.0 Å². The molecule has 1 aliphatic rings. The molecule has 0 unspecified atom stereocenters. The number of halogens is 4. The van der Waals surface area contributed by atoms with Gasteiger partial charge in [0.1, 0.15) is 5.75 Å². The van der Waals surface area contributed by atoms with Gasteiger partial charge in [0.05, 0.1) is 5.56 Å². The van der Waals surface area contributed by atoms with Crippen LogP contribution >= 0.6 is 11.6 Å². The van der Waals surface area contributed by atoms with Crippen molar-refractivity contribution in [2.24, 2.45) is 0 Å². The van der Waals surface area contributed by atoms with Crippen LogP contribution in [-0.2, 0) is 6.18 Å². The van der Waals surface area contributed by atoms with Gasteiger partial charge in [0.15, 0.2) is 11.0 Å². The lowest BCUT2D eigenvalue weighted by molar-refractivity contribution is -0.137. The van der Waals surface area contributed by atoms with E-state index < -0.39 is 11.7 Å². The first-order chi connectivity index (χ1) is 14.9. The number of benzene rings is 1. The molecule has 0 radical (unpaired) electrons. The van der Waals surface area contributed by atoms with E-state index in [1.54, 1.807) is 12.1 Å². The van der Waals surface area contributed by atoms with E-state index in [0.717, 1.165) is 49.6 Å². The van der Waals surface area contributed by atoms with Crippen LogP contribution < -0.4 is 9.64 Å². The van der Waals surface area contributed by atoms with Gasteiger partial charge in [0.25, 0.3) is 0 Å². The highest BCUT2D eigenvalue weighted by molar-refractivity contribution is 6.29. The van der Waals surface area contributed by atoms with Crippen LogP contribution in [0.3, 0.4) is 0 Å². The van der Waals surface area contributed by atoms with Gasteiger partial charge >= 0.3 is 6.18 Å². The molecule has 160 valence electrons. The minimum atomic E-state index is -4.42. The van der Waals surface area contributed by atoms with Crippen LogP contribution in [0.1, 0.15) is 24.0 Å². The molecule has 3 heterocycles. The fraction of sp³-hybridized carbons (Fsp3) is 0.227. The molecular formula is C22H18ClF3N4O. The van der Waals surface area contributed by atoms with Crippen LogP contribution in [0.25, 0.3) is 6.08 Å². The quantitative estimate of drug-likeness (QED) is 0.490. The number of alkyl halides is 3. The molecule has 1 aliphatic heterocycles. The molecule has 1 saturated heterocycles. The molecule has 4 rings (SSSR count). The van der Waals surface area contributed by atoms with Gasteiger partial charge in [-0.25, -0.2) is 4.98 Å². The van der Waals surface area contributed by atoms with Crippen LogP contribution in [0, 0.1) is 0 Å². The molecule has 0 spiro atoms. The topological polar surface area (TPSA) is 51.1 Å². The molecule has 1 aromatic carbocycles. The van der Waals surface area contributed by atoms with Crippen LogP contribution in [0.5, 0.6) is 11.6 Å². The molecule has 9 heteroatoms. The zero-order valence-corrected chi connectivity index (χ0v) is 17.1. The van der Waals surface area contributed by atoms with E-state index in [9.17, 15) is 13.2 Å². The van der Waals surface area contributed by atoms with Gasteiger partial charge in [-0.2, -0.15) is 13.2 Å². The Hall–Kier alpha value is -3.13. The van der Waals surface area contributed by atoms with Crippen molar-refractivity contribution in [1.82, 2.24) is 15.2 Å². The van der Waals surface area contributed by atoms with E-state index >= 15 is 0 Å². The van der Waals surface area contributed by atoms with Crippen molar-refractivity contribution in [3.63, 3.8) is 0 Å². The Labute approximate surface area is 182 Å². The summed E-state index contributed by atoms with van der Waals surface area (Å²) >= 11 is 5.79. The third-order valence-corrected chi connectivity index (χ3v) is 5.06. The zero-order chi connectivity index (χ0) is 21.8. The van der Waals surface area contributed by atoms with Crippen molar-refractivity contribution in [3.8, 4) is 11.6 Å². The summed E-state index contributed by atoms with van der Waals surface area (Å²) < 4.78 is 43.6. The molecule has 0 amide bonds. The van der Waals surface area contributed by atoms with Crippen molar-refractivity contribution in [2.75, 3.05) is 18.0 Å². The fourth-order valence-electron chi connectivity index (χ4n) is 3.28. The Morgan fingerprint density at radius 1 is 1.00 bits per heavy atom. The summed E-state index contributed by atoms with van der Waals surface area (Å²) in [6.07, 6.45) is 0.219. The number of rotatable bonds is 4. The average molecular weight is 447 g/mol. The van der Waals surface area contributed by atoms with Crippen molar-refractivity contribution in [1.29, 1.82) is 0 Å². The Balaban J connectivity index is 1.39. The average Bonchev–Trinajstić information content (AvgIpc) is 2.75. The Morgan fingerprint density at radius 2 is 1.81 bits per heavy atom. The predicted octanol–water partition coefficient (Wildman–Crippen LogP) is 6.02. The molecule has 0 bridgehead atoms. The number of piperidine rings is 1. The summed E-state index contributed by atoms with van der Waals surface area (Å²) in [5.41, 5.74) is 1.44. The van der Waals surface area contributed by atoms with Gasteiger partial charge in [-0.05, 0) is 48.7 Å². The van der Waals surface area contributed by atoms with Crippen LogP contribution in [0.2, 0.25) is 5.15 Å². The highest BCUT2D eigenvalue weighted by Gasteiger charge is 2.30. The first-order valence-corrected chi connectivity index (χ1v) is 9.99. The van der Waals surface area contributed by atoms with E-state index in [1.165, 1.54) is 11.6 Å². The number of anilines is 1. The second-order valence-electron chi connectivity index (χ2n) is 7.06. The molecule has 0 aliphatic carbocycles. The standard InChI is InChI=1S/C22H18ClF3N4O/c23-19-5-6-20(29-28-19)30-10-8-15(9-11-30)12-16-2-1-3-18(13-16)31-21-7-4-17(14-27-21)22(24,25)26/h1-7,12-14H,8-11H2. The Bertz CT molecular complexity index is 1060. The highest BCUT2D eigenvalue weighted by Crippen LogP contribution is 2.30. The van der Waals surface area contributed by atoms with Crippen molar-refractivity contribution in [3.05, 3.63) is 76.6 Å². The Morgan fingerprint density at radius 3 is 2.45 bits per heavy atom. The monoisotopic (exact) mass is 446 g/mol. The fourth-order valence-corrected chi connectivity index (χ4v) is 3.38. The first kappa shape index (κ1) is 21.1. The summed E-state index contributed by atoms with van der Waals surface area (Å²) in [4.78, 5) is 5.91. The van der Waals surface area contributed by atoms with Gasteiger partial charge < -0.3 is 9.64 Å². The number of aromatic nitrogens is 3. The normalized spacial score (nSPS) is 14.5. The van der Waals surface area contributed by atoms with E-state index in [1.807, 2.05) is 24.3 Å². The maximum atomic E-state index is 12.7. The van der Waals surface area contributed by atoms with E-state index in [-0.39, 0.29) is 5.88 Å². The van der Waals surface area contributed by atoms with E-state index in [0.29, 0.717) is 10.9 Å². The summed E-state index contributed by atoms with van der Waals surface area (Å²) in [6, 6.07) is 13.1. The lowest BCUT2D eigenvalue weighted by Gasteiger charge is -2.29. The molecule has 3 aromatic rings. The smallest absolute Gasteiger partial charge is 0.417 e. The maximum Gasteiger partial charge on any atom is 0.417 e.